The molecule has 0 aliphatic rings. The van der Waals surface area contributed by atoms with E-state index in [1.54, 1.807) is 13.0 Å². The lowest BCUT2D eigenvalue weighted by atomic mass is 10.0. The maximum absolute atomic E-state index is 13.7. The molecule has 2 aromatic rings. The molecule has 0 fully saturated rings. The molecule has 0 saturated carbocycles. The molecule has 98 valence electrons. The summed E-state index contributed by atoms with van der Waals surface area (Å²) in [4.78, 5) is 12.0. The molecule has 0 aliphatic heterocycles. The number of halogens is 3. The number of aryl methyl sites for hydroxylation is 1. The van der Waals surface area contributed by atoms with E-state index in [-0.39, 0.29) is 22.8 Å². The molecule has 0 amide bonds. The third kappa shape index (κ3) is 3.18. The van der Waals surface area contributed by atoms with Gasteiger partial charge in [-0.2, -0.15) is 0 Å². The van der Waals surface area contributed by atoms with Crippen molar-refractivity contribution < 1.29 is 13.6 Å². The van der Waals surface area contributed by atoms with Crippen LogP contribution in [0.3, 0.4) is 0 Å². The van der Waals surface area contributed by atoms with Crippen molar-refractivity contribution in [3.05, 3.63) is 69.7 Å². The molecule has 19 heavy (non-hydrogen) atoms. The summed E-state index contributed by atoms with van der Waals surface area (Å²) in [5.41, 5.74) is 1.24. The molecule has 0 heterocycles. The van der Waals surface area contributed by atoms with Crippen molar-refractivity contribution in [3.63, 3.8) is 0 Å². The smallest absolute Gasteiger partial charge is 0.170 e. The quantitative estimate of drug-likeness (QED) is 0.764. The summed E-state index contributed by atoms with van der Waals surface area (Å²) in [6.45, 7) is 1.74. The van der Waals surface area contributed by atoms with Crippen LogP contribution in [0.4, 0.5) is 8.78 Å². The SMILES string of the molecule is Cc1ccc(C(=O)Cc2ccc(F)cc2Cl)c(F)c1. The zero-order valence-electron chi connectivity index (χ0n) is 10.2. The minimum absolute atomic E-state index is 0.0194. The Morgan fingerprint density at radius 3 is 2.53 bits per heavy atom. The third-order valence-corrected chi connectivity index (χ3v) is 3.14. The van der Waals surface area contributed by atoms with Crippen molar-refractivity contribution in [3.8, 4) is 0 Å². The monoisotopic (exact) mass is 280 g/mol. The van der Waals surface area contributed by atoms with Gasteiger partial charge >= 0.3 is 0 Å². The van der Waals surface area contributed by atoms with Gasteiger partial charge in [-0.15, -0.1) is 0 Å². The van der Waals surface area contributed by atoms with E-state index in [0.29, 0.717) is 5.56 Å². The van der Waals surface area contributed by atoms with E-state index >= 15 is 0 Å². The van der Waals surface area contributed by atoms with E-state index in [0.717, 1.165) is 11.6 Å². The molecule has 0 unspecified atom stereocenters. The Balaban J connectivity index is 2.25. The van der Waals surface area contributed by atoms with Gasteiger partial charge in [-0.25, -0.2) is 8.78 Å². The van der Waals surface area contributed by atoms with Crippen molar-refractivity contribution in [2.45, 2.75) is 13.3 Å². The van der Waals surface area contributed by atoms with Crippen LogP contribution in [0.1, 0.15) is 21.5 Å². The van der Waals surface area contributed by atoms with Gasteiger partial charge in [-0.05, 0) is 42.3 Å². The predicted octanol–water partition coefficient (Wildman–Crippen LogP) is 4.35. The van der Waals surface area contributed by atoms with Crippen molar-refractivity contribution >= 4 is 17.4 Å². The molecule has 1 nitrogen and oxygen atoms in total. The second-order valence-corrected chi connectivity index (χ2v) is 4.73. The number of hydrogen-bond donors (Lipinski definition) is 0. The predicted molar refractivity (Wildman–Crippen MR) is 70.6 cm³/mol. The number of Topliss-reactive ketones (excluding diaryl/α,β-unsaturated/α-hetero) is 1. The van der Waals surface area contributed by atoms with E-state index in [1.165, 1.54) is 24.3 Å². The fourth-order valence-corrected chi connectivity index (χ4v) is 2.01. The topological polar surface area (TPSA) is 17.1 Å². The first-order chi connectivity index (χ1) is 8.97. The molecular weight excluding hydrogens is 270 g/mol. The molecule has 0 saturated heterocycles. The molecule has 0 atom stereocenters. The summed E-state index contributed by atoms with van der Waals surface area (Å²) in [6, 6.07) is 8.21. The summed E-state index contributed by atoms with van der Waals surface area (Å²) in [6.07, 6.45) is -0.0565. The highest BCUT2D eigenvalue weighted by molar-refractivity contribution is 6.31. The van der Waals surface area contributed by atoms with Crippen molar-refractivity contribution in [2.24, 2.45) is 0 Å². The largest absolute Gasteiger partial charge is 0.294 e. The highest BCUT2D eigenvalue weighted by Crippen LogP contribution is 2.20. The van der Waals surface area contributed by atoms with Crippen molar-refractivity contribution in [1.82, 2.24) is 0 Å². The Morgan fingerprint density at radius 2 is 1.89 bits per heavy atom. The van der Waals surface area contributed by atoms with Gasteiger partial charge in [0.05, 0.1) is 5.56 Å². The zero-order valence-corrected chi connectivity index (χ0v) is 11.0. The molecule has 0 radical (unpaired) electrons. The second-order valence-electron chi connectivity index (χ2n) is 4.32. The maximum Gasteiger partial charge on any atom is 0.170 e. The number of benzene rings is 2. The number of ketones is 1. The van der Waals surface area contributed by atoms with Crippen LogP contribution in [-0.2, 0) is 6.42 Å². The standard InChI is InChI=1S/C15H11ClF2O/c1-9-2-5-12(14(18)6-9)15(19)7-10-3-4-11(17)8-13(10)16/h2-6,8H,7H2,1H3. The summed E-state index contributed by atoms with van der Waals surface area (Å²) in [7, 11) is 0. The van der Waals surface area contributed by atoms with Gasteiger partial charge in [0.2, 0.25) is 0 Å². The average Bonchev–Trinajstić information content (AvgIpc) is 2.32. The molecule has 4 heteroatoms. The van der Waals surface area contributed by atoms with E-state index in [2.05, 4.69) is 0 Å². The van der Waals surface area contributed by atoms with Crippen LogP contribution < -0.4 is 0 Å². The fraction of sp³-hybridized carbons (Fsp3) is 0.133. The summed E-state index contributed by atoms with van der Waals surface area (Å²) >= 11 is 5.84. The molecule has 0 bridgehead atoms. The Kier molecular flexibility index (Phi) is 3.96. The summed E-state index contributed by atoms with van der Waals surface area (Å²) in [5, 5.41) is 0.167. The minimum Gasteiger partial charge on any atom is -0.294 e. The Labute approximate surface area is 114 Å². The average molecular weight is 281 g/mol. The fourth-order valence-electron chi connectivity index (χ4n) is 1.78. The van der Waals surface area contributed by atoms with E-state index in [4.69, 9.17) is 11.6 Å². The van der Waals surface area contributed by atoms with Gasteiger partial charge in [0, 0.05) is 11.4 Å². The molecule has 0 spiro atoms. The number of carbonyl (C=O) groups excluding carboxylic acids is 1. The van der Waals surface area contributed by atoms with Crippen LogP contribution in [0, 0.1) is 18.6 Å². The first-order valence-electron chi connectivity index (χ1n) is 5.70. The first kappa shape index (κ1) is 13.7. The van der Waals surface area contributed by atoms with Crippen LogP contribution >= 0.6 is 11.6 Å². The maximum atomic E-state index is 13.7. The highest BCUT2D eigenvalue weighted by Gasteiger charge is 2.14. The molecule has 0 aromatic heterocycles. The highest BCUT2D eigenvalue weighted by atomic mass is 35.5. The lowest BCUT2D eigenvalue weighted by molar-refractivity contribution is 0.0989. The van der Waals surface area contributed by atoms with Crippen molar-refractivity contribution in [2.75, 3.05) is 0 Å². The number of rotatable bonds is 3. The van der Waals surface area contributed by atoms with Gasteiger partial charge in [-0.3, -0.25) is 4.79 Å². The lowest BCUT2D eigenvalue weighted by Crippen LogP contribution is -2.07. The van der Waals surface area contributed by atoms with Crippen LogP contribution in [0.15, 0.2) is 36.4 Å². The molecule has 2 rings (SSSR count). The van der Waals surface area contributed by atoms with Crippen LogP contribution in [0.5, 0.6) is 0 Å². The molecular formula is C15H11ClF2O. The van der Waals surface area contributed by atoms with Crippen LogP contribution in [0.2, 0.25) is 5.02 Å². The van der Waals surface area contributed by atoms with Gasteiger partial charge in [-0.1, -0.05) is 23.7 Å². The minimum atomic E-state index is -0.553. The summed E-state index contributed by atoms with van der Waals surface area (Å²) in [5.74, 6) is -1.41. The van der Waals surface area contributed by atoms with Gasteiger partial charge < -0.3 is 0 Å². The molecule has 2 aromatic carbocycles. The van der Waals surface area contributed by atoms with Crippen LogP contribution in [-0.4, -0.2) is 5.78 Å². The van der Waals surface area contributed by atoms with E-state index in [9.17, 15) is 13.6 Å². The number of carbonyl (C=O) groups is 1. The Bertz CT molecular complexity index is 638. The molecule has 0 aliphatic carbocycles. The van der Waals surface area contributed by atoms with E-state index < -0.39 is 11.6 Å². The molecule has 0 N–H and O–H groups in total. The van der Waals surface area contributed by atoms with Gasteiger partial charge in [0.15, 0.2) is 5.78 Å². The van der Waals surface area contributed by atoms with Crippen molar-refractivity contribution in [1.29, 1.82) is 0 Å². The normalized spacial score (nSPS) is 10.5. The third-order valence-electron chi connectivity index (χ3n) is 2.79. The summed E-state index contributed by atoms with van der Waals surface area (Å²) < 4.78 is 26.5. The Hall–Kier alpha value is -1.74. The second kappa shape index (κ2) is 5.49. The van der Waals surface area contributed by atoms with Gasteiger partial charge in [0.1, 0.15) is 11.6 Å². The lowest BCUT2D eigenvalue weighted by Gasteiger charge is -2.06. The number of hydrogen-bond acceptors (Lipinski definition) is 1. The van der Waals surface area contributed by atoms with E-state index in [1.807, 2.05) is 0 Å². The Morgan fingerprint density at radius 1 is 1.16 bits per heavy atom. The van der Waals surface area contributed by atoms with Gasteiger partial charge in [0.25, 0.3) is 0 Å². The first-order valence-corrected chi connectivity index (χ1v) is 6.08. The van der Waals surface area contributed by atoms with Crippen LogP contribution in [0.25, 0.3) is 0 Å². The zero-order chi connectivity index (χ0) is 14.0.